The first-order chi connectivity index (χ1) is 7.50. The average Bonchev–Trinajstić information content (AvgIpc) is 2.26. The van der Waals surface area contributed by atoms with Crippen molar-refractivity contribution in [2.45, 2.75) is 12.8 Å². The van der Waals surface area contributed by atoms with Gasteiger partial charge in [0.15, 0.2) is 0 Å². The molecule has 1 fully saturated rings. The molecule has 1 unspecified atom stereocenters. The highest BCUT2D eigenvalue weighted by atomic mass is 35.5. The van der Waals surface area contributed by atoms with Crippen molar-refractivity contribution in [2.24, 2.45) is 11.7 Å². The predicted molar refractivity (Wildman–Crippen MR) is 61.9 cm³/mol. The molecule has 0 aliphatic carbocycles. The van der Waals surface area contributed by atoms with Crippen LogP contribution in [0.25, 0.3) is 0 Å². The van der Waals surface area contributed by atoms with Crippen LogP contribution >= 0.6 is 11.6 Å². The van der Waals surface area contributed by atoms with Gasteiger partial charge in [0.2, 0.25) is 5.91 Å². The van der Waals surface area contributed by atoms with Gasteiger partial charge in [-0.05, 0) is 12.8 Å². The number of amides is 3. The van der Waals surface area contributed by atoms with Crippen LogP contribution in [0, 0.1) is 5.92 Å². The second kappa shape index (κ2) is 5.75. The summed E-state index contributed by atoms with van der Waals surface area (Å²) < 4.78 is 0. The first kappa shape index (κ1) is 12.8. The summed E-state index contributed by atoms with van der Waals surface area (Å²) in [6.07, 6.45) is 1.56. The number of piperidine rings is 1. The van der Waals surface area contributed by atoms with E-state index in [4.69, 9.17) is 17.3 Å². The summed E-state index contributed by atoms with van der Waals surface area (Å²) in [7, 11) is 0. The largest absolute Gasteiger partial charge is 0.351 e. The lowest BCUT2D eigenvalue weighted by molar-refractivity contribution is -0.126. The van der Waals surface area contributed by atoms with Crippen molar-refractivity contribution in [1.82, 2.24) is 10.2 Å². The molecule has 3 N–H and O–H groups in total. The van der Waals surface area contributed by atoms with E-state index in [-0.39, 0.29) is 18.4 Å². The molecule has 3 amide bonds. The minimum Gasteiger partial charge on any atom is -0.351 e. The van der Waals surface area contributed by atoms with E-state index in [0.29, 0.717) is 18.1 Å². The molecule has 6 heteroatoms. The Kier molecular flexibility index (Phi) is 4.61. The number of carbonyl (C=O) groups excluding carboxylic acids is 2. The summed E-state index contributed by atoms with van der Waals surface area (Å²) in [6.45, 7) is 4.75. The number of hydrogen-bond acceptors (Lipinski definition) is 2. The molecule has 0 aromatic heterocycles. The van der Waals surface area contributed by atoms with Gasteiger partial charge in [0, 0.05) is 18.1 Å². The van der Waals surface area contributed by atoms with Crippen LogP contribution in [-0.4, -0.2) is 36.5 Å². The van der Waals surface area contributed by atoms with E-state index >= 15 is 0 Å². The zero-order valence-corrected chi connectivity index (χ0v) is 9.79. The maximum atomic E-state index is 11.7. The van der Waals surface area contributed by atoms with Crippen molar-refractivity contribution < 1.29 is 9.59 Å². The fraction of sp³-hybridized carbons (Fsp3) is 0.600. The number of halogens is 1. The van der Waals surface area contributed by atoms with Gasteiger partial charge in [0.25, 0.3) is 0 Å². The lowest BCUT2D eigenvalue weighted by Crippen LogP contribution is -2.47. The maximum absolute atomic E-state index is 11.7. The topological polar surface area (TPSA) is 75.4 Å². The molecule has 1 rings (SSSR count). The van der Waals surface area contributed by atoms with E-state index < -0.39 is 6.03 Å². The summed E-state index contributed by atoms with van der Waals surface area (Å²) in [5.74, 6) is -0.301. The fourth-order valence-electron chi connectivity index (χ4n) is 1.72. The highest BCUT2D eigenvalue weighted by Crippen LogP contribution is 2.16. The number of carbonyl (C=O) groups is 2. The van der Waals surface area contributed by atoms with Crippen LogP contribution in [0.5, 0.6) is 0 Å². The minimum atomic E-state index is -0.473. The van der Waals surface area contributed by atoms with Crippen molar-refractivity contribution in [3.05, 3.63) is 11.6 Å². The molecule has 1 heterocycles. The van der Waals surface area contributed by atoms with Crippen LogP contribution in [0.2, 0.25) is 0 Å². The first-order valence-electron chi connectivity index (χ1n) is 5.16. The van der Waals surface area contributed by atoms with Gasteiger partial charge in [0.1, 0.15) is 0 Å². The SMILES string of the molecule is C=C(Cl)CNC(=O)C1CCCN(C(N)=O)C1. The molecule has 0 saturated carbocycles. The molecule has 1 aliphatic heterocycles. The highest BCUT2D eigenvalue weighted by Gasteiger charge is 2.27. The Morgan fingerprint density at radius 2 is 2.25 bits per heavy atom. The second-order valence-electron chi connectivity index (χ2n) is 3.86. The molecule has 1 atom stereocenters. The number of nitrogens with one attached hydrogen (secondary N) is 1. The van der Waals surface area contributed by atoms with E-state index in [0.717, 1.165) is 12.8 Å². The molecular weight excluding hydrogens is 230 g/mol. The second-order valence-corrected chi connectivity index (χ2v) is 4.39. The van der Waals surface area contributed by atoms with Crippen molar-refractivity contribution in [2.75, 3.05) is 19.6 Å². The maximum Gasteiger partial charge on any atom is 0.314 e. The van der Waals surface area contributed by atoms with Gasteiger partial charge in [-0.15, -0.1) is 0 Å². The van der Waals surface area contributed by atoms with Gasteiger partial charge in [-0.3, -0.25) is 4.79 Å². The van der Waals surface area contributed by atoms with Crippen LogP contribution < -0.4 is 11.1 Å². The van der Waals surface area contributed by atoms with Gasteiger partial charge in [-0.1, -0.05) is 18.2 Å². The Labute approximate surface area is 99.6 Å². The third-order valence-electron chi connectivity index (χ3n) is 2.56. The van der Waals surface area contributed by atoms with E-state index in [1.165, 1.54) is 4.90 Å². The third kappa shape index (κ3) is 3.73. The zero-order valence-electron chi connectivity index (χ0n) is 9.04. The molecule has 16 heavy (non-hydrogen) atoms. The lowest BCUT2D eigenvalue weighted by Gasteiger charge is -2.30. The van der Waals surface area contributed by atoms with E-state index in [2.05, 4.69) is 11.9 Å². The van der Waals surface area contributed by atoms with Crippen LogP contribution in [0.1, 0.15) is 12.8 Å². The Balaban J connectivity index is 2.43. The minimum absolute atomic E-state index is 0.104. The van der Waals surface area contributed by atoms with Crippen molar-refractivity contribution in [1.29, 1.82) is 0 Å². The number of nitrogens with zero attached hydrogens (tertiary/aromatic N) is 1. The fourth-order valence-corrected chi connectivity index (χ4v) is 1.79. The van der Waals surface area contributed by atoms with Gasteiger partial charge >= 0.3 is 6.03 Å². The number of nitrogens with two attached hydrogens (primary N) is 1. The number of primary amides is 1. The monoisotopic (exact) mass is 245 g/mol. The van der Waals surface area contributed by atoms with Crippen molar-refractivity contribution >= 4 is 23.5 Å². The first-order valence-corrected chi connectivity index (χ1v) is 5.54. The molecule has 90 valence electrons. The van der Waals surface area contributed by atoms with Crippen LogP contribution in [0.4, 0.5) is 4.79 Å². The van der Waals surface area contributed by atoms with Crippen molar-refractivity contribution in [3.8, 4) is 0 Å². The molecule has 0 bridgehead atoms. The van der Waals surface area contributed by atoms with Gasteiger partial charge in [-0.2, -0.15) is 0 Å². The molecule has 0 aromatic rings. The average molecular weight is 246 g/mol. The Morgan fingerprint density at radius 1 is 1.56 bits per heavy atom. The smallest absolute Gasteiger partial charge is 0.314 e. The molecule has 1 saturated heterocycles. The summed E-state index contributed by atoms with van der Waals surface area (Å²) in [6, 6.07) is -0.473. The van der Waals surface area contributed by atoms with Crippen LogP contribution in [0.3, 0.4) is 0 Å². The molecule has 0 radical (unpaired) electrons. The highest BCUT2D eigenvalue weighted by molar-refractivity contribution is 6.29. The number of rotatable bonds is 3. The molecular formula is C10H16ClN3O2. The van der Waals surface area contributed by atoms with E-state index in [1.54, 1.807) is 0 Å². The van der Waals surface area contributed by atoms with E-state index in [9.17, 15) is 9.59 Å². The van der Waals surface area contributed by atoms with Gasteiger partial charge in [-0.25, -0.2) is 4.79 Å². The van der Waals surface area contributed by atoms with Gasteiger partial charge in [0.05, 0.1) is 12.5 Å². The quantitative estimate of drug-likeness (QED) is 0.766. The Morgan fingerprint density at radius 3 is 2.81 bits per heavy atom. The number of urea groups is 1. The lowest BCUT2D eigenvalue weighted by atomic mass is 9.97. The van der Waals surface area contributed by atoms with Gasteiger partial charge < -0.3 is 16.0 Å². The molecule has 0 spiro atoms. The standard InChI is InChI=1S/C10H16ClN3O2/c1-7(11)5-13-9(15)8-3-2-4-14(6-8)10(12)16/h8H,1-6H2,(H2,12,16)(H,13,15). The van der Waals surface area contributed by atoms with E-state index in [1.807, 2.05) is 0 Å². The van der Waals surface area contributed by atoms with Crippen molar-refractivity contribution in [3.63, 3.8) is 0 Å². The van der Waals surface area contributed by atoms with Crippen LogP contribution in [0.15, 0.2) is 11.6 Å². The summed E-state index contributed by atoms with van der Waals surface area (Å²) in [5.41, 5.74) is 5.17. The molecule has 0 aromatic carbocycles. The number of hydrogen-bond donors (Lipinski definition) is 2. The third-order valence-corrected chi connectivity index (χ3v) is 2.69. The van der Waals surface area contributed by atoms with Crippen LogP contribution in [-0.2, 0) is 4.79 Å². The summed E-state index contributed by atoms with van der Waals surface area (Å²) in [4.78, 5) is 24.1. The summed E-state index contributed by atoms with van der Waals surface area (Å²) >= 11 is 5.55. The zero-order chi connectivity index (χ0) is 12.1. The number of likely N-dealkylation sites (tertiary alicyclic amines) is 1. The molecule has 1 aliphatic rings. The Hall–Kier alpha value is -1.23. The molecule has 5 nitrogen and oxygen atoms in total. The Bertz CT molecular complexity index is 306. The normalized spacial score (nSPS) is 20.3. The predicted octanol–water partition coefficient (Wildman–Crippen LogP) is 0.646. The summed E-state index contributed by atoms with van der Waals surface area (Å²) in [5, 5.41) is 3.05.